The Morgan fingerprint density at radius 2 is 2.08 bits per heavy atom. The Labute approximate surface area is 148 Å². The maximum Gasteiger partial charge on any atom is 0.242 e. The van der Waals surface area contributed by atoms with Crippen LogP contribution in [0.15, 0.2) is 34.9 Å². The number of rotatable bonds is 5. The molecule has 2 heterocycles. The molecule has 0 unspecified atom stereocenters. The van der Waals surface area contributed by atoms with Crippen LogP contribution in [0.4, 0.5) is 0 Å². The third kappa shape index (κ3) is 4.25. The highest BCUT2D eigenvalue weighted by Crippen LogP contribution is 2.31. The summed E-state index contributed by atoms with van der Waals surface area (Å²) in [5, 5.41) is 6.98. The number of carbonyl (C=O) groups is 1. The molecule has 134 valence electrons. The van der Waals surface area contributed by atoms with Crippen LogP contribution in [0.5, 0.6) is 0 Å². The molecule has 6 heteroatoms. The van der Waals surface area contributed by atoms with E-state index in [0.717, 1.165) is 31.5 Å². The number of likely N-dealkylation sites (tertiary alicyclic amines) is 1. The van der Waals surface area contributed by atoms with E-state index < -0.39 is 0 Å². The zero-order valence-corrected chi connectivity index (χ0v) is 15.1. The molecule has 1 fully saturated rings. The van der Waals surface area contributed by atoms with Crippen molar-refractivity contribution < 1.29 is 9.32 Å². The second-order valence-corrected chi connectivity index (χ2v) is 6.99. The van der Waals surface area contributed by atoms with Crippen LogP contribution in [-0.2, 0) is 4.79 Å². The fourth-order valence-corrected chi connectivity index (χ4v) is 3.45. The maximum atomic E-state index is 12.9. The lowest BCUT2D eigenvalue weighted by Gasteiger charge is -2.37. The lowest BCUT2D eigenvalue weighted by molar-refractivity contribution is -0.127. The molecule has 2 aromatic rings. The first-order valence-corrected chi connectivity index (χ1v) is 8.94. The molecule has 1 aromatic heterocycles. The van der Waals surface area contributed by atoms with Gasteiger partial charge in [-0.15, -0.1) is 0 Å². The number of carbonyl (C=O) groups excluding carboxylic acids is 1. The van der Waals surface area contributed by atoms with Crippen molar-refractivity contribution in [1.82, 2.24) is 20.4 Å². The van der Waals surface area contributed by atoms with E-state index in [9.17, 15) is 4.79 Å². The molecular weight excluding hydrogens is 316 g/mol. The molecule has 0 saturated carbocycles. The van der Waals surface area contributed by atoms with Gasteiger partial charge in [-0.05, 0) is 45.7 Å². The van der Waals surface area contributed by atoms with E-state index in [0.29, 0.717) is 11.7 Å². The molecule has 2 atom stereocenters. The van der Waals surface area contributed by atoms with E-state index in [2.05, 4.69) is 20.4 Å². The zero-order chi connectivity index (χ0) is 17.8. The topological polar surface area (TPSA) is 71.3 Å². The van der Waals surface area contributed by atoms with E-state index in [-0.39, 0.29) is 23.9 Å². The lowest BCUT2D eigenvalue weighted by Crippen LogP contribution is -2.46. The third-order valence-corrected chi connectivity index (χ3v) is 4.51. The van der Waals surface area contributed by atoms with Gasteiger partial charge in [0.2, 0.25) is 11.8 Å². The first-order chi connectivity index (χ1) is 12.0. The molecule has 0 spiro atoms. The maximum absolute atomic E-state index is 12.9. The number of hydrogen-bond donors (Lipinski definition) is 1. The molecule has 1 aliphatic heterocycles. The number of aryl methyl sites for hydroxylation is 1. The van der Waals surface area contributed by atoms with Crippen molar-refractivity contribution >= 4 is 5.91 Å². The van der Waals surface area contributed by atoms with Crippen molar-refractivity contribution in [3.63, 3.8) is 0 Å². The summed E-state index contributed by atoms with van der Waals surface area (Å²) in [6.45, 7) is 7.43. The Morgan fingerprint density at radius 3 is 2.72 bits per heavy atom. The molecule has 1 aliphatic rings. The normalized spacial score (nSPS) is 19.8. The molecule has 6 nitrogen and oxygen atoms in total. The summed E-state index contributed by atoms with van der Waals surface area (Å²) >= 11 is 0. The number of hydrogen-bond acceptors (Lipinski definition) is 5. The highest BCUT2D eigenvalue weighted by Gasteiger charge is 2.34. The first kappa shape index (κ1) is 17.6. The summed E-state index contributed by atoms with van der Waals surface area (Å²) < 4.78 is 5.37. The van der Waals surface area contributed by atoms with Crippen LogP contribution >= 0.6 is 0 Å². The Morgan fingerprint density at radius 1 is 1.32 bits per heavy atom. The average molecular weight is 342 g/mol. The SMILES string of the molecule is Cc1noc([C@@H]2CCCN([C@H](C(=O)NC(C)C)c3ccccc3)C2)n1. The number of piperidine rings is 1. The fourth-order valence-electron chi connectivity index (χ4n) is 3.45. The van der Waals surface area contributed by atoms with Gasteiger partial charge in [-0.3, -0.25) is 9.69 Å². The molecule has 0 aliphatic carbocycles. The van der Waals surface area contributed by atoms with Gasteiger partial charge in [-0.1, -0.05) is 35.5 Å². The van der Waals surface area contributed by atoms with E-state index in [1.165, 1.54) is 0 Å². The second kappa shape index (κ2) is 7.78. The van der Waals surface area contributed by atoms with Crippen molar-refractivity contribution in [2.45, 2.75) is 51.6 Å². The molecule has 0 radical (unpaired) electrons. The Hall–Kier alpha value is -2.21. The van der Waals surface area contributed by atoms with Gasteiger partial charge in [0.1, 0.15) is 6.04 Å². The van der Waals surface area contributed by atoms with Crippen LogP contribution in [0.25, 0.3) is 0 Å². The van der Waals surface area contributed by atoms with Crippen LogP contribution in [0.3, 0.4) is 0 Å². The summed E-state index contributed by atoms with van der Waals surface area (Å²) in [7, 11) is 0. The second-order valence-electron chi connectivity index (χ2n) is 6.99. The summed E-state index contributed by atoms with van der Waals surface area (Å²) in [4.78, 5) is 19.5. The average Bonchev–Trinajstić information content (AvgIpc) is 3.02. The largest absolute Gasteiger partial charge is 0.352 e. The van der Waals surface area contributed by atoms with Crippen molar-refractivity contribution in [1.29, 1.82) is 0 Å². The van der Waals surface area contributed by atoms with Crippen LogP contribution < -0.4 is 5.32 Å². The van der Waals surface area contributed by atoms with Gasteiger partial charge in [0.05, 0.1) is 5.92 Å². The number of nitrogens with one attached hydrogen (secondary N) is 1. The van der Waals surface area contributed by atoms with E-state index >= 15 is 0 Å². The van der Waals surface area contributed by atoms with Crippen LogP contribution in [-0.4, -0.2) is 40.1 Å². The molecular formula is C19H26N4O2. The van der Waals surface area contributed by atoms with Crippen LogP contribution in [0, 0.1) is 6.92 Å². The van der Waals surface area contributed by atoms with Crippen LogP contribution in [0.1, 0.15) is 55.9 Å². The number of aromatic nitrogens is 2. The predicted octanol–water partition coefficient (Wildman–Crippen LogP) is 2.82. The first-order valence-electron chi connectivity index (χ1n) is 8.94. The van der Waals surface area contributed by atoms with E-state index in [4.69, 9.17) is 4.52 Å². The molecule has 1 amide bonds. The summed E-state index contributed by atoms with van der Waals surface area (Å²) in [5.74, 6) is 1.55. The summed E-state index contributed by atoms with van der Waals surface area (Å²) in [6.07, 6.45) is 2.01. The minimum atomic E-state index is -0.296. The van der Waals surface area contributed by atoms with Crippen LogP contribution in [0.2, 0.25) is 0 Å². The highest BCUT2D eigenvalue weighted by atomic mass is 16.5. The molecule has 1 saturated heterocycles. The quantitative estimate of drug-likeness (QED) is 0.905. The van der Waals surface area contributed by atoms with Crippen molar-refractivity contribution in [2.75, 3.05) is 13.1 Å². The highest BCUT2D eigenvalue weighted by molar-refractivity contribution is 5.83. The van der Waals surface area contributed by atoms with Gasteiger partial charge in [0.15, 0.2) is 5.82 Å². The molecule has 3 rings (SSSR count). The lowest BCUT2D eigenvalue weighted by atomic mass is 9.94. The minimum absolute atomic E-state index is 0.0450. The van der Waals surface area contributed by atoms with Gasteiger partial charge in [-0.25, -0.2) is 0 Å². The van der Waals surface area contributed by atoms with Gasteiger partial charge in [0, 0.05) is 12.6 Å². The monoisotopic (exact) mass is 342 g/mol. The van der Waals surface area contributed by atoms with Gasteiger partial charge < -0.3 is 9.84 Å². The third-order valence-electron chi connectivity index (χ3n) is 4.51. The smallest absolute Gasteiger partial charge is 0.242 e. The zero-order valence-electron chi connectivity index (χ0n) is 15.1. The van der Waals surface area contributed by atoms with Crippen molar-refractivity contribution in [2.24, 2.45) is 0 Å². The Bertz CT molecular complexity index is 698. The predicted molar refractivity (Wildman–Crippen MR) is 95.0 cm³/mol. The van der Waals surface area contributed by atoms with E-state index in [1.54, 1.807) is 0 Å². The minimum Gasteiger partial charge on any atom is -0.352 e. The Balaban J connectivity index is 1.83. The fraction of sp³-hybridized carbons (Fsp3) is 0.526. The number of nitrogens with zero attached hydrogens (tertiary/aromatic N) is 3. The van der Waals surface area contributed by atoms with Gasteiger partial charge in [0.25, 0.3) is 0 Å². The Kier molecular flexibility index (Phi) is 5.48. The van der Waals surface area contributed by atoms with Gasteiger partial charge >= 0.3 is 0 Å². The van der Waals surface area contributed by atoms with E-state index in [1.807, 2.05) is 51.1 Å². The molecule has 1 N–H and O–H groups in total. The molecule has 1 aromatic carbocycles. The number of amides is 1. The van der Waals surface area contributed by atoms with Crippen molar-refractivity contribution in [3.8, 4) is 0 Å². The number of benzene rings is 1. The molecule has 25 heavy (non-hydrogen) atoms. The summed E-state index contributed by atoms with van der Waals surface area (Å²) in [6, 6.07) is 9.78. The summed E-state index contributed by atoms with van der Waals surface area (Å²) in [5.41, 5.74) is 1.02. The van der Waals surface area contributed by atoms with Crippen molar-refractivity contribution in [3.05, 3.63) is 47.6 Å². The standard InChI is InChI=1S/C19H26N4O2/c1-13(2)20-18(24)17(15-8-5-4-6-9-15)23-11-7-10-16(12-23)19-21-14(3)22-25-19/h4-6,8-9,13,16-17H,7,10-12H2,1-3H3,(H,20,24)/t16-,17+/m1/s1. The molecule has 0 bridgehead atoms. The van der Waals surface area contributed by atoms with Gasteiger partial charge in [-0.2, -0.15) is 4.98 Å².